The Morgan fingerprint density at radius 2 is 1.29 bits per heavy atom. The minimum absolute atomic E-state index is 0.0572. The zero-order valence-electron chi connectivity index (χ0n) is 12.4. The summed E-state index contributed by atoms with van der Waals surface area (Å²) in [6, 6.07) is 14.2. The summed E-state index contributed by atoms with van der Waals surface area (Å²) in [4.78, 5) is 25.0. The molecule has 2 aliphatic rings. The predicted octanol–water partition coefficient (Wildman–Crippen LogP) is 4.26. The summed E-state index contributed by atoms with van der Waals surface area (Å²) in [6.45, 7) is 0. The fourth-order valence-electron chi connectivity index (χ4n) is 3.11. The number of rotatable bonds is 2. The van der Waals surface area contributed by atoms with Gasteiger partial charge in [-0.05, 0) is 41.0 Å². The third-order valence-corrected chi connectivity index (χ3v) is 4.71. The summed E-state index contributed by atoms with van der Waals surface area (Å²) >= 11 is 11.8. The predicted molar refractivity (Wildman–Crippen MR) is 94.5 cm³/mol. The summed E-state index contributed by atoms with van der Waals surface area (Å²) in [7, 11) is 0. The van der Waals surface area contributed by atoms with E-state index in [0.717, 1.165) is 16.7 Å². The Kier molecular flexibility index (Phi) is 3.56. The highest BCUT2D eigenvalue weighted by atomic mass is 35.5. The van der Waals surface area contributed by atoms with Gasteiger partial charge in [-0.25, -0.2) is 0 Å². The number of hydrogen-bond acceptors (Lipinski definition) is 2. The van der Waals surface area contributed by atoms with Crippen LogP contribution >= 0.6 is 23.2 Å². The molecule has 118 valence electrons. The maximum absolute atomic E-state index is 12.6. The Bertz CT molecular complexity index is 859. The third-order valence-electron chi connectivity index (χ3n) is 4.21. The summed E-state index contributed by atoms with van der Waals surface area (Å²) in [5.41, 5.74) is 3.84. The minimum Gasteiger partial charge on any atom is -0.321 e. The number of Topliss-reactive ketones (excluding diaryl/α,β-unsaturated/α-hetero) is 1. The van der Waals surface area contributed by atoms with Crippen LogP contribution in [0.4, 0.5) is 0 Å². The van der Waals surface area contributed by atoms with Crippen LogP contribution in [0.2, 0.25) is 10.0 Å². The molecule has 0 aromatic heterocycles. The summed E-state index contributed by atoms with van der Waals surface area (Å²) in [5.74, 6) is -0.302. The standard InChI is InChI=1S/C19H11Cl2NO2/c20-12-5-1-10(2-6-12)14-9-15(23)17-16(14)19(24)22-18(17)11-3-7-13(21)8-4-11/h1-8H,9H2,(H,22,24). The minimum atomic E-state index is -0.245. The summed E-state index contributed by atoms with van der Waals surface area (Å²) < 4.78 is 0. The van der Waals surface area contributed by atoms with E-state index in [4.69, 9.17) is 23.2 Å². The van der Waals surface area contributed by atoms with Crippen LogP contribution in [0.1, 0.15) is 17.5 Å². The van der Waals surface area contributed by atoms with Crippen molar-refractivity contribution in [2.45, 2.75) is 6.42 Å². The molecule has 1 heterocycles. The average Bonchev–Trinajstić information content (AvgIpc) is 3.08. The van der Waals surface area contributed by atoms with Gasteiger partial charge < -0.3 is 5.32 Å². The first-order valence-electron chi connectivity index (χ1n) is 7.39. The van der Waals surface area contributed by atoms with Gasteiger partial charge in [-0.1, -0.05) is 47.5 Å². The highest BCUT2D eigenvalue weighted by Gasteiger charge is 2.40. The Morgan fingerprint density at radius 3 is 1.88 bits per heavy atom. The number of allylic oxidation sites excluding steroid dienone is 1. The highest BCUT2D eigenvalue weighted by Crippen LogP contribution is 2.42. The van der Waals surface area contributed by atoms with Gasteiger partial charge in [0.1, 0.15) is 0 Å². The van der Waals surface area contributed by atoms with Crippen LogP contribution < -0.4 is 5.32 Å². The molecule has 1 aliphatic carbocycles. The second-order valence-electron chi connectivity index (χ2n) is 5.67. The maximum atomic E-state index is 12.6. The number of carbonyl (C=O) groups excluding carboxylic acids is 2. The first-order chi connectivity index (χ1) is 11.5. The molecule has 1 amide bonds. The second kappa shape index (κ2) is 5.62. The van der Waals surface area contributed by atoms with Crippen LogP contribution in [0.15, 0.2) is 59.7 Å². The van der Waals surface area contributed by atoms with Crippen LogP contribution in [0.3, 0.4) is 0 Å². The smallest absolute Gasteiger partial charge is 0.256 e. The second-order valence-corrected chi connectivity index (χ2v) is 6.54. The Labute approximate surface area is 148 Å². The van der Waals surface area contributed by atoms with Gasteiger partial charge in [-0.15, -0.1) is 0 Å². The van der Waals surface area contributed by atoms with Crippen molar-refractivity contribution in [1.82, 2.24) is 5.32 Å². The number of fused-ring (bicyclic) bond motifs is 1. The lowest BCUT2D eigenvalue weighted by Crippen LogP contribution is -2.16. The van der Waals surface area contributed by atoms with Crippen molar-refractivity contribution in [1.29, 1.82) is 0 Å². The maximum Gasteiger partial charge on any atom is 0.256 e. The van der Waals surface area contributed by atoms with Crippen molar-refractivity contribution in [2.75, 3.05) is 0 Å². The van der Waals surface area contributed by atoms with Crippen molar-refractivity contribution in [3.8, 4) is 0 Å². The van der Waals surface area contributed by atoms with E-state index >= 15 is 0 Å². The van der Waals surface area contributed by atoms with Crippen LogP contribution in [-0.4, -0.2) is 11.7 Å². The fraction of sp³-hybridized carbons (Fsp3) is 0.0526. The lowest BCUT2D eigenvalue weighted by molar-refractivity contribution is -0.116. The summed E-state index contributed by atoms with van der Waals surface area (Å²) in [5, 5.41) is 4.04. The molecule has 0 atom stereocenters. The van der Waals surface area contributed by atoms with Crippen molar-refractivity contribution in [3.63, 3.8) is 0 Å². The molecule has 0 spiro atoms. The average molecular weight is 356 g/mol. The van der Waals surface area contributed by atoms with Gasteiger partial charge in [0.25, 0.3) is 5.91 Å². The lowest BCUT2D eigenvalue weighted by atomic mass is 10.0. The largest absolute Gasteiger partial charge is 0.321 e. The number of nitrogens with one attached hydrogen (secondary N) is 1. The van der Waals surface area contributed by atoms with Gasteiger partial charge in [-0.2, -0.15) is 0 Å². The van der Waals surface area contributed by atoms with Crippen LogP contribution in [0.25, 0.3) is 11.3 Å². The number of hydrogen-bond donors (Lipinski definition) is 1. The van der Waals surface area contributed by atoms with E-state index in [1.807, 2.05) is 12.1 Å². The zero-order chi connectivity index (χ0) is 16.8. The number of ketones is 1. The molecule has 3 nitrogen and oxygen atoms in total. The topological polar surface area (TPSA) is 46.2 Å². The van der Waals surface area contributed by atoms with Gasteiger partial charge in [0.15, 0.2) is 5.78 Å². The van der Waals surface area contributed by atoms with Crippen LogP contribution in [0.5, 0.6) is 0 Å². The molecular formula is C19H11Cl2NO2. The van der Waals surface area contributed by atoms with Gasteiger partial charge in [-0.3, -0.25) is 9.59 Å². The van der Waals surface area contributed by atoms with Gasteiger partial charge in [0, 0.05) is 16.5 Å². The molecule has 4 rings (SSSR count). The van der Waals surface area contributed by atoms with Crippen LogP contribution in [0, 0.1) is 0 Å². The van der Waals surface area contributed by atoms with E-state index in [0.29, 0.717) is 26.9 Å². The molecule has 0 bridgehead atoms. The SMILES string of the molecule is O=C1CC(c2ccc(Cl)cc2)=C2C(=O)NC(c3ccc(Cl)cc3)=C12. The molecule has 0 unspecified atom stereocenters. The molecule has 1 N–H and O–H groups in total. The summed E-state index contributed by atoms with van der Waals surface area (Å²) in [6.07, 6.45) is 0.219. The Morgan fingerprint density at radius 1 is 0.750 bits per heavy atom. The van der Waals surface area contributed by atoms with E-state index < -0.39 is 0 Å². The van der Waals surface area contributed by atoms with Gasteiger partial charge in [0.2, 0.25) is 0 Å². The first kappa shape index (κ1) is 15.2. The molecule has 5 heteroatoms. The quantitative estimate of drug-likeness (QED) is 0.874. The molecular weight excluding hydrogens is 345 g/mol. The van der Waals surface area contributed by atoms with E-state index in [2.05, 4.69) is 5.32 Å². The first-order valence-corrected chi connectivity index (χ1v) is 8.14. The monoisotopic (exact) mass is 355 g/mol. The highest BCUT2D eigenvalue weighted by molar-refractivity contribution is 6.32. The molecule has 2 aromatic rings. The van der Waals surface area contributed by atoms with Gasteiger partial charge >= 0.3 is 0 Å². The van der Waals surface area contributed by atoms with Crippen molar-refractivity contribution in [3.05, 3.63) is 80.8 Å². The number of benzene rings is 2. The third kappa shape index (κ3) is 2.37. The Balaban J connectivity index is 1.88. The fourth-order valence-corrected chi connectivity index (χ4v) is 3.36. The molecule has 0 fully saturated rings. The Hall–Kier alpha value is -2.36. The number of halogens is 2. The van der Waals surface area contributed by atoms with E-state index in [-0.39, 0.29) is 18.1 Å². The normalized spacial score (nSPS) is 16.8. The van der Waals surface area contributed by atoms with E-state index in [9.17, 15) is 9.59 Å². The van der Waals surface area contributed by atoms with Crippen molar-refractivity contribution in [2.24, 2.45) is 0 Å². The van der Waals surface area contributed by atoms with E-state index in [1.54, 1.807) is 36.4 Å². The van der Waals surface area contributed by atoms with Crippen molar-refractivity contribution >= 4 is 46.2 Å². The van der Waals surface area contributed by atoms with Crippen LogP contribution in [-0.2, 0) is 9.59 Å². The van der Waals surface area contributed by atoms with Crippen molar-refractivity contribution < 1.29 is 9.59 Å². The molecule has 1 aliphatic heterocycles. The number of carbonyl (C=O) groups is 2. The van der Waals surface area contributed by atoms with E-state index in [1.165, 1.54) is 0 Å². The lowest BCUT2D eigenvalue weighted by Gasteiger charge is -2.06. The zero-order valence-corrected chi connectivity index (χ0v) is 13.9. The molecule has 0 radical (unpaired) electrons. The molecule has 2 aromatic carbocycles. The molecule has 0 saturated carbocycles. The molecule has 0 saturated heterocycles. The molecule has 24 heavy (non-hydrogen) atoms. The number of amides is 1. The van der Waals surface area contributed by atoms with Gasteiger partial charge in [0.05, 0.1) is 16.8 Å².